The number of nitrogens with one attached hydrogen (secondary N) is 1. The van der Waals surface area contributed by atoms with Crippen molar-refractivity contribution < 1.29 is 44.9 Å². The summed E-state index contributed by atoms with van der Waals surface area (Å²) in [4.78, 5) is 11.2. The zero-order chi connectivity index (χ0) is 20.0. The molecule has 12 heteroatoms. The first kappa shape index (κ1) is 23.1. The topological polar surface area (TPSA) is 221 Å². The molecule has 0 unspecified atom stereocenters. The van der Waals surface area contributed by atoms with Crippen LogP contribution >= 0.6 is 0 Å². The van der Waals surface area contributed by atoms with Gasteiger partial charge in [-0.25, -0.2) is 0 Å². The lowest BCUT2D eigenvalue weighted by molar-refractivity contribution is -0.302. The van der Waals surface area contributed by atoms with Gasteiger partial charge in [0.25, 0.3) is 0 Å². The number of aliphatic hydroxyl groups excluding tert-OH is 6. The van der Waals surface area contributed by atoms with Crippen molar-refractivity contribution in [1.29, 1.82) is 0 Å². The minimum absolute atomic E-state index is 0.306. The van der Waals surface area contributed by atoms with Crippen LogP contribution in [0.3, 0.4) is 0 Å². The SMILES string of the molecule is CC(=O)N[C@H]1[C@H](O)[C@H](O)[C@@H](O[C@H]([C@H](N)[C@H](O)CO)[C@@H](O)CN)O[C@H]1CO. The number of nitrogens with two attached hydrogens (primary N) is 2. The molecule has 0 bridgehead atoms. The van der Waals surface area contributed by atoms with Gasteiger partial charge in [-0.3, -0.25) is 4.79 Å². The number of rotatable bonds is 9. The van der Waals surface area contributed by atoms with Crippen molar-refractivity contribution in [3.63, 3.8) is 0 Å². The summed E-state index contributed by atoms with van der Waals surface area (Å²) in [5.74, 6) is -0.507. The third kappa shape index (κ3) is 5.53. The van der Waals surface area contributed by atoms with E-state index in [4.69, 9.17) is 26.0 Å². The van der Waals surface area contributed by atoms with Crippen LogP contribution in [-0.2, 0) is 14.3 Å². The first-order valence-corrected chi connectivity index (χ1v) is 8.15. The van der Waals surface area contributed by atoms with E-state index in [0.717, 1.165) is 0 Å². The van der Waals surface area contributed by atoms with Crippen LogP contribution in [0.15, 0.2) is 0 Å². The number of aliphatic hydroxyl groups is 6. The molecule has 0 saturated carbocycles. The first-order chi connectivity index (χ1) is 12.2. The molecule has 0 spiro atoms. The standard InChI is InChI=1S/C14H29N3O9/c1-5(20)17-10-8(4-19)25-14(12(24)11(10)23)26-13(6(21)2-15)9(16)7(22)3-18/h6-14,18-19,21-24H,2-4,15-16H2,1H3,(H,17,20)/t6-,7+,8-,9+,10+,11-,12-,13-,14+/m0/s1. The van der Waals surface area contributed by atoms with E-state index in [1.807, 2.05) is 0 Å². The smallest absolute Gasteiger partial charge is 0.217 e. The molecule has 11 N–H and O–H groups in total. The van der Waals surface area contributed by atoms with Crippen molar-refractivity contribution in [2.45, 2.75) is 61.9 Å². The maximum Gasteiger partial charge on any atom is 0.217 e. The molecular formula is C14H29N3O9. The van der Waals surface area contributed by atoms with Gasteiger partial charge in [-0.15, -0.1) is 0 Å². The van der Waals surface area contributed by atoms with Gasteiger partial charge in [0.15, 0.2) is 6.29 Å². The fourth-order valence-corrected chi connectivity index (χ4v) is 2.68. The first-order valence-electron chi connectivity index (χ1n) is 8.15. The highest BCUT2D eigenvalue weighted by atomic mass is 16.7. The summed E-state index contributed by atoms with van der Waals surface area (Å²) in [6.07, 6.45) is -10.1. The van der Waals surface area contributed by atoms with E-state index in [1.165, 1.54) is 6.92 Å². The van der Waals surface area contributed by atoms with Crippen LogP contribution in [0.5, 0.6) is 0 Å². The van der Waals surface area contributed by atoms with Gasteiger partial charge in [0, 0.05) is 13.5 Å². The Balaban J connectivity index is 2.96. The van der Waals surface area contributed by atoms with E-state index >= 15 is 0 Å². The number of hydrogen-bond donors (Lipinski definition) is 9. The van der Waals surface area contributed by atoms with Crippen LogP contribution in [0.25, 0.3) is 0 Å². The highest BCUT2D eigenvalue weighted by Crippen LogP contribution is 2.24. The lowest BCUT2D eigenvalue weighted by Crippen LogP contribution is -2.66. The van der Waals surface area contributed by atoms with Gasteiger partial charge in [0.1, 0.15) is 24.4 Å². The monoisotopic (exact) mass is 383 g/mol. The number of ether oxygens (including phenoxy) is 2. The Morgan fingerprint density at radius 1 is 1.23 bits per heavy atom. The predicted molar refractivity (Wildman–Crippen MR) is 86.4 cm³/mol. The molecular weight excluding hydrogens is 354 g/mol. The Bertz CT molecular complexity index is 442. The van der Waals surface area contributed by atoms with Crippen molar-refractivity contribution in [3.8, 4) is 0 Å². The van der Waals surface area contributed by atoms with Crippen molar-refractivity contribution in [3.05, 3.63) is 0 Å². The zero-order valence-electron chi connectivity index (χ0n) is 14.4. The average Bonchev–Trinajstić information content (AvgIpc) is 2.62. The second kappa shape index (κ2) is 10.4. The quantitative estimate of drug-likeness (QED) is 0.182. The molecule has 0 aromatic rings. The molecule has 0 aromatic carbocycles. The normalized spacial score (nSPS) is 34.0. The number of amides is 1. The molecule has 26 heavy (non-hydrogen) atoms. The van der Waals surface area contributed by atoms with Gasteiger partial charge in [0.05, 0.1) is 37.5 Å². The lowest BCUT2D eigenvalue weighted by atomic mass is 9.95. The second-order valence-electron chi connectivity index (χ2n) is 6.16. The summed E-state index contributed by atoms with van der Waals surface area (Å²) in [7, 11) is 0. The second-order valence-corrected chi connectivity index (χ2v) is 6.16. The summed E-state index contributed by atoms with van der Waals surface area (Å²) in [5, 5.41) is 60.9. The Labute approximate surface area is 150 Å². The fraction of sp³-hybridized carbons (Fsp3) is 0.929. The van der Waals surface area contributed by atoms with Crippen LogP contribution in [-0.4, -0.2) is 111 Å². The Morgan fingerprint density at radius 2 is 1.85 bits per heavy atom. The number of carbonyl (C=O) groups is 1. The minimum Gasteiger partial charge on any atom is -0.394 e. The predicted octanol–water partition coefficient (Wildman–Crippen LogP) is -5.68. The minimum atomic E-state index is -1.67. The third-order valence-corrected chi connectivity index (χ3v) is 4.18. The molecule has 0 radical (unpaired) electrons. The van der Waals surface area contributed by atoms with E-state index in [2.05, 4.69) is 5.32 Å². The maximum atomic E-state index is 11.2. The third-order valence-electron chi connectivity index (χ3n) is 4.18. The molecule has 1 amide bonds. The number of hydrogen-bond acceptors (Lipinski definition) is 11. The summed E-state index contributed by atoms with van der Waals surface area (Å²) in [5.41, 5.74) is 11.1. The summed E-state index contributed by atoms with van der Waals surface area (Å²) in [6.45, 7) is -0.429. The molecule has 1 rings (SSSR count). The van der Waals surface area contributed by atoms with E-state index < -0.39 is 74.1 Å². The number of carbonyl (C=O) groups excluding carboxylic acids is 1. The van der Waals surface area contributed by atoms with Crippen LogP contribution in [0.1, 0.15) is 6.92 Å². The van der Waals surface area contributed by atoms with E-state index in [0.29, 0.717) is 0 Å². The Hall–Kier alpha value is -0.930. The average molecular weight is 383 g/mol. The Morgan fingerprint density at radius 3 is 2.31 bits per heavy atom. The van der Waals surface area contributed by atoms with E-state index in [-0.39, 0.29) is 6.54 Å². The van der Waals surface area contributed by atoms with Gasteiger partial charge >= 0.3 is 0 Å². The molecule has 1 fully saturated rings. The van der Waals surface area contributed by atoms with Gasteiger partial charge in [-0.1, -0.05) is 0 Å². The molecule has 0 aliphatic carbocycles. The molecule has 12 nitrogen and oxygen atoms in total. The van der Waals surface area contributed by atoms with Crippen molar-refractivity contribution >= 4 is 5.91 Å². The zero-order valence-corrected chi connectivity index (χ0v) is 14.4. The van der Waals surface area contributed by atoms with Crippen LogP contribution in [0.2, 0.25) is 0 Å². The molecule has 1 heterocycles. The summed E-state index contributed by atoms with van der Waals surface area (Å²) < 4.78 is 10.8. The fourth-order valence-electron chi connectivity index (χ4n) is 2.68. The molecule has 9 atom stereocenters. The maximum absolute atomic E-state index is 11.2. The van der Waals surface area contributed by atoms with Crippen LogP contribution < -0.4 is 16.8 Å². The molecule has 1 aliphatic rings. The largest absolute Gasteiger partial charge is 0.394 e. The lowest BCUT2D eigenvalue weighted by Gasteiger charge is -2.44. The van der Waals surface area contributed by atoms with Gasteiger partial charge in [-0.2, -0.15) is 0 Å². The van der Waals surface area contributed by atoms with Gasteiger partial charge < -0.3 is 56.9 Å². The van der Waals surface area contributed by atoms with E-state index in [9.17, 15) is 30.3 Å². The van der Waals surface area contributed by atoms with Crippen molar-refractivity contribution in [2.75, 3.05) is 19.8 Å². The Kier molecular flexibility index (Phi) is 9.26. The summed E-state index contributed by atoms with van der Waals surface area (Å²) in [6, 6.07) is -2.38. The molecule has 1 aliphatic heterocycles. The van der Waals surface area contributed by atoms with E-state index in [1.54, 1.807) is 0 Å². The van der Waals surface area contributed by atoms with Crippen molar-refractivity contribution in [1.82, 2.24) is 5.32 Å². The molecule has 154 valence electrons. The highest BCUT2D eigenvalue weighted by Gasteiger charge is 2.47. The highest BCUT2D eigenvalue weighted by molar-refractivity contribution is 5.73. The van der Waals surface area contributed by atoms with Crippen molar-refractivity contribution in [2.24, 2.45) is 11.5 Å². The molecule has 1 saturated heterocycles. The van der Waals surface area contributed by atoms with Crippen LogP contribution in [0.4, 0.5) is 0 Å². The van der Waals surface area contributed by atoms with Gasteiger partial charge in [0.2, 0.25) is 5.91 Å². The summed E-state index contributed by atoms with van der Waals surface area (Å²) >= 11 is 0. The molecule has 0 aromatic heterocycles. The van der Waals surface area contributed by atoms with Crippen LogP contribution in [0, 0.1) is 0 Å². The van der Waals surface area contributed by atoms with Gasteiger partial charge in [-0.05, 0) is 0 Å².